The molecule has 0 amide bonds. The molecule has 1 saturated heterocycles. The molecule has 1 atom stereocenters. The Kier molecular flexibility index (Phi) is 4.47. The molecule has 2 rings (SSSR count). The molecule has 1 heterocycles. The van der Waals surface area contributed by atoms with Crippen LogP contribution in [0, 0.1) is 0 Å². The maximum atomic E-state index is 6.39. The number of hydrogen-bond acceptors (Lipinski definition) is 2. The van der Waals surface area contributed by atoms with Crippen molar-refractivity contribution in [2.24, 2.45) is 0 Å². The minimum Gasteiger partial charge on any atom is -0.314 e. The Hall–Kier alpha value is -0.280. The number of piperazine rings is 1. The third-order valence-electron chi connectivity index (χ3n) is 2.86. The first-order valence-corrected chi connectivity index (χ1v) is 6.40. The van der Waals surface area contributed by atoms with Gasteiger partial charge >= 0.3 is 0 Å². The average molecular weight is 259 g/mol. The van der Waals surface area contributed by atoms with E-state index in [1.165, 1.54) is 0 Å². The van der Waals surface area contributed by atoms with Crippen molar-refractivity contribution >= 4 is 23.2 Å². The van der Waals surface area contributed by atoms with Crippen molar-refractivity contribution in [1.82, 2.24) is 10.2 Å². The lowest BCUT2D eigenvalue weighted by Gasteiger charge is -2.29. The third kappa shape index (κ3) is 3.36. The number of rotatable bonds is 3. The maximum absolute atomic E-state index is 6.39. The molecular weight excluding hydrogens is 243 g/mol. The molecule has 16 heavy (non-hydrogen) atoms. The van der Waals surface area contributed by atoms with Gasteiger partial charge in [0.1, 0.15) is 0 Å². The molecule has 1 unspecified atom stereocenters. The molecule has 88 valence electrons. The molecule has 0 bridgehead atoms. The summed E-state index contributed by atoms with van der Waals surface area (Å²) in [6.45, 7) is 5.19. The van der Waals surface area contributed by atoms with Crippen LogP contribution in [0.4, 0.5) is 0 Å². The highest BCUT2D eigenvalue weighted by Gasteiger charge is 2.15. The van der Waals surface area contributed by atoms with Crippen LogP contribution in [0.1, 0.15) is 10.9 Å². The first-order valence-electron chi connectivity index (χ1n) is 5.58. The van der Waals surface area contributed by atoms with E-state index in [2.05, 4.69) is 10.2 Å². The molecule has 0 radical (unpaired) electrons. The zero-order valence-electron chi connectivity index (χ0n) is 9.13. The van der Waals surface area contributed by atoms with Crippen LogP contribution in [-0.4, -0.2) is 37.6 Å². The fraction of sp³-hybridized carbons (Fsp3) is 0.500. The van der Waals surface area contributed by atoms with Crippen molar-refractivity contribution in [1.29, 1.82) is 0 Å². The van der Waals surface area contributed by atoms with Crippen molar-refractivity contribution in [3.8, 4) is 0 Å². The second kappa shape index (κ2) is 5.87. The van der Waals surface area contributed by atoms with Gasteiger partial charge in [-0.15, -0.1) is 11.6 Å². The Bertz CT molecular complexity index is 320. The Labute approximate surface area is 107 Å². The summed E-state index contributed by atoms with van der Waals surface area (Å²) in [5, 5.41) is 4.14. The Morgan fingerprint density at radius 2 is 1.81 bits per heavy atom. The molecule has 1 fully saturated rings. The van der Waals surface area contributed by atoms with Crippen LogP contribution in [0.25, 0.3) is 0 Å². The second-order valence-corrected chi connectivity index (χ2v) is 5.03. The highest BCUT2D eigenvalue weighted by molar-refractivity contribution is 6.30. The monoisotopic (exact) mass is 258 g/mol. The fourth-order valence-corrected chi connectivity index (χ4v) is 2.36. The Balaban J connectivity index is 1.91. The van der Waals surface area contributed by atoms with E-state index in [-0.39, 0.29) is 5.38 Å². The summed E-state index contributed by atoms with van der Waals surface area (Å²) in [5.74, 6) is 0. The molecule has 2 nitrogen and oxygen atoms in total. The quantitative estimate of drug-likeness (QED) is 0.839. The predicted molar refractivity (Wildman–Crippen MR) is 69.4 cm³/mol. The van der Waals surface area contributed by atoms with E-state index >= 15 is 0 Å². The van der Waals surface area contributed by atoms with Crippen molar-refractivity contribution in [3.63, 3.8) is 0 Å². The largest absolute Gasteiger partial charge is 0.314 e. The maximum Gasteiger partial charge on any atom is 0.0712 e. The first kappa shape index (κ1) is 12.2. The van der Waals surface area contributed by atoms with Crippen LogP contribution in [-0.2, 0) is 0 Å². The van der Waals surface area contributed by atoms with Crippen LogP contribution in [0.5, 0.6) is 0 Å². The summed E-state index contributed by atoms with van der Waals surface area (Å²) in [6.07, 6.45) is 0. The van der Waals surface area contributed by atoms with Gasteiger partial charge in [0, 0.05) is 37.7 Å². The Morgan fingerprint density at radius 3 is 2.44 bits per heavy atom. The number of benzene rings is 1. The zero-order valence-corrected chi connectivity index (χ0v) is 10.6. The molecule has 0 spiro atoms. The Morgan fingerprint density at radius 1 is 1.19 bits per heavy atom. The molecule has 0 aliphatic carbocycles. The molecule has 4 heteroatoms. The van der Waals surface area contributed by atoms with E-state index in [0.29, 0.717) is 0 Å². The molecule has 0 saturated carbocycles. The van der Waals surface area contributed by atoms with E-state index in [0.717, 1.165) is 43.3 Å². The lowest BCUT2D eigenvalue weighted by Crippen LogP contribution is -2.44. The molecule has 1 N–H and O–H groups in total. The summed E-state index contributed by atoms with van der Waals surface area (Å²) >= 11 is 12.2. The van der Waals surface area contributed by atoms with Crippen molar-refractivity contribution in [2.45, 2.75) is 5.38 Å². The van der Waals surface area contributed by atoms with Crippen molar-refractivity contribution in [3.05, 3.63) is 34.9 Å². The molecule has 1 aliphatic rings. The number of nitrogens with one attached hydrogen (secondary N) is 1. The standard InChI is InChI=1S/C12H16Cl2N2/c13-11-3-1-10(2-4-11)12(14)9-16-7-5-15-6-8-16/h1-4,12,15H,5-9H2. The summed E-state index contributed by atoms with van der Waals surface area (Å²) < 4.78 is 0. The fourth-order valence-electron chi connectivity index (χ4n) is 1.90. The molecular formula is C12H16Cl2N2. The van der Waals surface area contributed by atoms with Gasteiger partial charge < -0.3 is 5.32 Å². The van der Waals surface area contributed by atoms with E-state index in [4.69, 9.17) is 23.2 Å². The SMILES string of the molecule is Clc1ccc(C(Cl)CN2CCNCC2)cc1. The van der Waals surface area contributed by atoms with Crippen LogP contribution in [0.2, 0.25) is 5.02 Å². The molecule has 1 aromatic carbocycles. The van der Waals surface area contributed by atoms with Crippen LogP contribution >= 0.6 is 23.2 Å². The topological polar surface area (TPSA) is 15.3 Å². The van der Waals surface area contributed by atoms with Gasteiger partial charge in [-0.1, -0.05) is 23.7 Å². The third-order valence-corrected chi connectivity index (χ3v) is 3.50. The van der Waals surface area contributed by atoms with Crippen molar-refractivity contribution < 1.29 is 0 Å². The van der Waals surface area contributed by atoms with Gasteiger partial charge in [-0.05, 0) is 17.7 Å². The van der Waals surface area contributed by atoms with Crippen LogP contribution in [0.15, 0.2) is 24.3 Å². The molecule has 1 aromatic rings. The van der Waals surface area contributed by atoms with E-state index in [1.54, 1.807) is 0 Å². The normalized spacial score (nSPS) is 19.6. The lowest BCUT2D eigenvalue weighted by atomic mass is 10.1. The van der Waals surface area contributed by atoms with E-state index in [1.807, 2.05) is 24.3 Å². The first-order chi connectivity index (χ1) is 7.75. The lowest BCUT2D eigenvalue weighted by molar-refractivity contribution is 0.241. The zero-order chi connectivity index (χ0) is 11.4. The number of nitrogens with zero attached hydrogens (tertiary/aromatic N) is 1. The van der Waals surface area contributed by atoms with Gasteiger partial charge in [0.25, 0.3) is 0 Å². The highest BCUT2D eigenvalue weighted by Crippen LogP contribution is 2.23. The smallest absolute Gasteiger partial charge is 0.0712 e. The minimum atomic E-state index is 0.0513. The summed E-state index contributed by atoms with van der Waals surface area (Å²) in [7, 11) is 0. The van der Waals surface area contributed by atoms with E-state index < -0.39 is 0 Å². The van der Waals surface area contributed by atoms with Gasteiger partial charge in [-0.3, -0.25) is 4.90 Å². The number of alkyl halides is 1. The molecule has 0 aromatic heterocycles. The van der Waals surface area contributed by atoms with Gasteiger partial charge in [0.05, 0.1) is 5.38 Å². The number of hydrogen-bond donors (Lipinski definition) is 1. The van der Waals surface area contributed by atoms with E-state index in [9.17, 15) is 0 Å². The highest BCUT2D eigenvalue weighted by atomic mass is 35.5. The average Bonchev–Trinajstić information content (AvgIpc) is 2.31. The number of halogens is 2. The van der Waals surface area contributed by atoms with Gasteiger partial charge in [-0.2, -0.15) is 0 Å². The van der Waals surface area contributed by atoms with Gasteiger partial charge in [-0.25, -0.2) is 0 Å². The van der Waals surface area contributed by atoms with Gasteiger partial charge in [0.2, 0.25) is 0 Å². The van der Waals surface area contributed by atoms with Crippen LogP contribution in [0.3, 0.4) is 0 Å². The minimum absolute atomic E-state index is 0.0513. The van der Waals surface area contributed by atoms with Gasteiger partial charge in [0.15, 0.2) is 0 Å². The van der Waals surface area contributed by atoms with Crippen LogP contribution < -0.4 is 5.32 Å². The molecule has 1 aliphatic heterocycles. The summed E-state index contributed by atoms with van der Waals surface area (Å²) in [4.78, 5) is 2.39. The predicted octanol–water partition coefficient (Wildman–Crippen LogP) is 2.53. The summed E-state index contributed by atoms with van der Waals surface area (Å²) in [5.41, 5.74) is 1.14. The summed E-state index contributed by atoms with van der Waals surface area (Å²) in [6, 6.07) is 7.79. The van der Waals surface area contributed by atoms with Crippen molar-refractivity contribution in [2.75, 3.05) is 32.7 Å². The second-order valence-electron chi connectivity index (χ2n) is 4.07.